The lowest BCUT2D eigenvalue weighted by atomic mass is 9.71. The Morgan fingerprint density at radius 3 is 2.62 bits per heavy atom. The molecule has 9 rings (SSSR count). The van der Waals surface area contributed by atoms with Gasteiger partial charge in [0.25, 0.3) is 0 Å². The molecule has 1 spiro atoms. The Kier molecular flexibility index (Phi) is 9.36. The van der Waals surface area contributed by atoms with Crippen LogP contribution in [0.5, 0.6) is 0 Å². The molecule has 4 aliphatic heterocycles. The van der Waals surface area contributed by atoms with Crippen molar-refractivity contribution in [2.24, 2.45) is 22.2 Å². The number of anilines is 2. The molecule has 14 nitrogen and oxygen atoms in total. The number of likely N-dealkylation sites (tertiary alicyclic amines) is 1. The molecule has 1 unspecified atom stereocenters. The Bertz CT molecular complexity index is 2280. The molecule has 5 aliphatic rings. The maximum atomic E-state index is 12.6. The van der Waals surface area contributed by atoms with Gasteiger partial charge in [0.1, 0.15) is 11.9 Å². The van der Waals surface area contributed by atoms with Gasteiger partial charge in [0.05, 0.1) is 34.2 Å². The second-order valence-corrected chi connectivity index (χ2v) is 17.7. The van der Waals surface area contributed by atoms with Crippen molar-refractivity contribution in [3.8, 4) is 28.0 Å². The number of carbonyl (C=O) groups is 2. The van der Waals surface area contributed by atoms with Gasteiger partial charge < -0.3 is 15.1 Å². The molecule has 15 heteroatoms. The number of rotatable bonds is 9. The number of hydrogen-bond acceptors (Lipinski definition) is 13. The molecule has 4 aromatic rings. The number of fused-ring (bicyclic) bond motifs is 1. The first-order valence-electron chi connectivity index (χ1n) is 19.9. The van der Waals surface area contributed by atoms with Crippen LogP contribution < -0.4 is 15.5 Å². The van der Waals surface area contributed by atoms with Crippen LogP contribution in [0.3, 0.4) is 0 Å². The summed E-state index contributed by atoms with van der Waals surface area (Å²) in [6.07, 6.45) is 14.1. The minimum atomic E-state index is -0.357. The first kappa shape index (κ1) is 36.4. The Hall–Kier alpha value is -5.20. The molecule has 4 fully saturated rings. The fourth-order valence-electron chi connectivity index (χ4n) is 9.03. The molecule has 2 N–H and O–H groups in total. The van der Waals surface area contributed by atoms with Crippen LogP contribution in [0.4, 0.5) is 10.8 Å². The third kappa shape index (κ3) is 6.93. The highest BCUT2D eigenvalue weighted by molar-refractivity contribution is 7.18. The third-order valence-corrected chi connectivity index (χ3v) is 13.5. The summed E-state index contributed by atoms with van der Waals surface area (Å²) in [4.78, 5) is 41.6. The summed E-state index contributed by atoms with van der Waals surface area (Å²) < 4.78 is 1.81. The molecule has 56 heavy (non-hydrogen) atoms. The van der Waals surface area contributed by atoms with Crippen molar-refractivity contribution < 1.29 is 9.59 Å². The monoisotopic (exact) mass is 772 g/mol. The van der Waals surface area contributed by atoms with Gasteiger partial charge in [-0.25, -0.2) is 9.51 Å². The van der Waals surface area contributed by atoms with Gasteiger partial charge in [-0.05, 0) is 88.6 Å². The molecular formula is C41H48N12O2S. The van der Waals surface area contributed by atoms with Crippen molar-refractivity contribution in [3.63, 3.8) is 0 Å². The number of nitriles is 1. The number of allylic oxidation sites excluding steroid dienone is 1. The summed E-state index contributed by atoms with van der Waals surface area (Å²) in [5.41, 5.74) is 4.74. The lowest BCUT2D eigenvalue weighted by Crippen LogP contribution is -2.56. The Labute approximate surface area is 330 Å². The van der Waals surface area contributed by atoms with Crippen molar-refractivity contribution >= 4 is 45.7 Å². The van der Waals surface area contributed by atoms with E-state index in [1.54, 1.807) is 17.5 Å². The van der Waals surface area contributed by atoms with Gasteiger partial charge in [0.2, 0.25) is 16.9 Å². The zero-order chi connectivity index (χ0) is 38.6. The number of nitrogens with zero attached hydrogens (tertiary/aromatic N) is 10. The summed E-state index contributed by atoms with van der Waals surface area (Å²) >= 11 is 1.63. The first-order valence-corrected chi connectivity index (χ1v) is 20.7. The number of carbonyl (C=O) groups excluding carboxylic acids is 2. The standard InChI is InChI=1S/C41H48N12O2S/c1-26(2)46-32-19-33(34-6-4-29-18-28(20-42)21-45-53(29)34)43-22-30(32)38-48-49-39(56-38)51-16-17-52(41(25-51)12-13-41)23-27-9-14-50(15-10-27)35-8-11-40(3,24-44-35)31-5-7-36(54)47-37(31)55/h4,6,8,18-19,21-22,24,26-27,31H,5,7,9-17,23,25H2,1-3H3,(H,43,46)(H,47,54,55)/t31-,40?/m1/s1. The maximum Gasteiger partial charge on any atom is 0.230 e. The lowest BCUT2D eigenvalue weighted by molar-refractivity contribution is -0.138. The van der Waals surface area contributed by atoms with Crippen LogP contribution in [0.15, 0.2) is 53.5 Å². The molecular weight excluding hydrogens is 725 g/mol. The highest BCUT2D eigenvalue weighted by atomic mass is 32.1. The zero-order valence-electron chi connectivity index (χ0n) is 32.2. The number of piperazine rings is 1. The van der Waals surface area contributed by atoms with E-state index >= 15 is 0 Å². The van der Waals surface area contributed by atoms with E-state index in [0.717, 1.165) is 103 Å². The molecule has 0 aromatic carbocycles. The highest BCUT2D eigenvalue weighted by Crippen LogP contribution is 2.47. The number of aliphatic imine (C=N–C) groups is 1. The maximum absolute atomic E-state index is 12.6. The molecule has 2 amide bonds. The van der Waals surface area contributed by atoms with E-state index in [4.69, 9.17) is 20.2 Å². The normalized spacial score (nSPS) is 24.1. The van der Waals surface area contributed by atoms with Gasteiger partial charge in [-0.1, -0.05) is 18.3 Å². The van der Waals surface area contributed by atoms with Crippen LogP contribution in [-0.4, -0.2) is 103 Å². The predicted octanol–water partition coefficient (Wildman–Crippen LogP) is 5.35. The van der Waals surface area contributed by atoms with E-state index in [1.165, 1.54) is 12.8 Å². The summed E-state index contributed by atoms with van der Waals surface area (Å²) in [6.45, 7) is 12.4. The molecule has 4 aromatic heterocycles. The number of nitrogens with one attached hydrogen (secondary N) is 2. The Morgan fingerprint density at radius 1 is 1.05 bits per heavy atom. The van der Waals surface area contributed by atoms with Crippen LogP contribution >= 0.6 is 11.3 Å². The van der Waals surface area contributed by atoms with Crippen LogP contribution in [0, 0.1) is 28.6 Å². The summed E-state index contributed by atoms with van der Waals surface area (Å²) in [5.74, 6) is 1.13. The van der Waals surface area contributed by atoms with Crippen LogP contribution in [-0.2, 0) is 9.59 Å². The summed E-state index contributed by atoms with van der Waals surface area (Å²) in [7, 11) is 0. The molecule has 290 valence electrons. The van der Waals surface area contributed by atoms with Crippen molar-refractivity contribution in [1.29, 1.82) is 5.26 Å². The Balaban J connectivity index is 0.818. The summed E-state index contributed by atoms with van der Waals surface area (Å²) in [5, 5.41) is 31.1. The Morgan fingerprint density at radius 2 is 1.89 bits per heavy atom. The molecule has 8 heterocycles. The number of piperidine rings is 2. The largest absolute Gasteiger partial charge is 0.382 e. The van der Waals surface area contributed by atoms with Gasteiger partial charge in [-0.15, -0.1) is 10.2 Å². The molecule has 1 saturated carbocycles. The molecule has 3 saturated heterocycles. The minimum absolute atomic E-state index is 0.165. The van der Waals surface area contributed by atoms with Gasteiger partial charge >= 0.3 is 0 Å². The minimum Gasteiger partial charge on any atom is -0.382 e. The quantitative estimate of drug-likeness (QED) is 0.211. The molecule has 0 bridgehead atoms. The van der Waals surface area contributed by atoms with E-state index in [9.17, 15) is 14.9 Å². The van der Waals surface area contributed by atoms with E-state index in [-0.39, 0.29) is 34.7 Å². The molecule has 1 aliphatic carbocycles. The number of pyridine rings is 1. The van der Waals surface area contributed by atoms with Crippen molar-refractivity contribution in [2.45, 2.75) is 77.3 Å². The number of amides is 2. The topological polar surface area (TPSA) is 160 Å². The first-order chi connectivity index (χ1) is 27.1. The fraction of sp³-hybridized carbons (Fsp3) is 0.512. The lowest BCUT2D eigenvalue weighted by Gasteiger charge is -2.45. The van der Waals surface area contributed by atoms with Gasteiger partial charge in [-0.2, -0.15) is 10.4 Å². The van der Waals surface area contributed by atoms with Gasteiger partial charge in [0, 0.05) is 86.7 Å². The van der Waals surface area contributed by atoms with Crippen LogP contribution in [0.2, 0.25) is 0 Å². The number of hydrogen-bond donors (Lipinski definition) is 2. The van der Waals surface area contributed by atoms with Gasteiger partial charge in [0.15, 0.2) is 5.01 Å². The fourth-order valence-corrected chi connectivity index (χ4v) is 9.93. The van der Waals surface area contributed by atoms with Crippen LogP contribution in [0.1, 0.15) is 71.3 Å². The van der Waals surface area contributed by atoms with E-state index in [1.807, 2.05) is 35.1 Å². The average Bonchev–Trinajstić information content (AvgIpc) is 3.57. The van der Waals surface area contributed by atoms with Crippen molar-refractivity contribution in [1.82, 2.24) is 39.9 Å². The van der Waals surface area contributed by atoms with Crippen LogP contribution in [0.25, 0.3) is 27.5 Å². The highest BCUT2D eigenvalue weighted by Gasteiger charge is 2.52. The average molecular weight is 773 g/mol. The predicted molar refractivity (Wildman–Crippen MR) is 216 cm³/mol. The molecule has 2 atom stereocenters. The zero-order valence-corrected chi connectivity index (χ0v) is 33.1. The number of imide groups is 1. The van der Waals surface area contributed by atoms with E-state index < -0.39 is 0 Å². The third-order valence-electron chi connectivity index (χ3n) is 12.4. The van der Waals surface area contributed by atoms with E-state index in [0.29, 0.717) is 24.3 Å². The SMILES string of the molecule is CC(C)Nc1cc(-c2ccc3cc(C#N)cnn23)ncc1-c1nnc(N2CCN(CC3CCN(C4=CCC(C)([C@@H]5CCC(=O)NC5=O)C=N4)CC3)C3(CC3)C2)s1. The van der Waals surface area contributed by atoms with Crippen molar-refractivity contribution in [3.05, 3.63) is 54.1 Å². The summed E-state index contributed by atoms with van der Waals surface area (Å²) in [6, 6.07) is 10.2. The number of aromatic nitrogens is 5. The second-order valence-electron chi connectivity index (χ2n) is 16.8. The smallest absolute Gasteiger partial charge is 0.230 e. The molecule has 0 radical (unpaired) electrons. The van der Waals surface area contributed by atoms with Gasteiger partial charge in [-0.3, -0.25) is 24.8 Å². The van der Waals surface area contributed by atoms with E-state index in [2.05, 4.69) is 69.4 Å². The van der Waals surface area contributed by atoms with Crippen molar-refractivity contribution in [2.75, 3.05) is 49.5 Å². The second kappa shape index (κ2) is 14.4.